The number of halogens is 4. The predicted octanol–water partition coefficient (Wildman–Crippen LogP) is 2.72. The number of nitrogens with two attached hydrogens (primary N) is 1. The number of sulfonamides is 1. The lowest BCUT2D eigenvalue weighted by Crippen LogP contribution is -2.35. The molecule has 3 rings (SSSR count). The van der Waals surface area contributed by atoms with E-state index in [4.69, 9.17) is 10.5 Å². The van der Waals surface area contributed by atoms with Crippen LogP contribution in [-0.2, 0) is 21.3 Å². The number of nitrogens with zero attached hydrogens (tertiary/aromatic N) is 1. The number of nitrogens with one attached hydrogen (secondary N) is 1. The molecule has 12 heteroatoms. The number of anilines is 1. The molecule has 0 spiro atoms. The molecule has 1 aliphatic rings. The summed E-state index contributed by atoms with van der Waals surface area (Å²) in [5.74, 6) is -0.623. The van der Waals surface area contributed by atoms with Crippen LogP contribution < -0.4 is 15.4 Å². The fraction of sp³-hybridized carbons (Fsp3) is 0.278. The number of cyclic esters (lactones) is 1. The summed E-state index contributed by atoms with van der Waals surface area (Å²) in [5.41, 5.74) is 1.26. The molecule has 0 aliphatic carbocycles. The third-order valence-corrected chi connectivity index (χ3v) is 5.57. The Morgan fingerprint density at radius 1 is 1.17 bits per heavy atom. The first-order chi connectivity index (χ1) is 14.0. The standard InChI is InChI=1S/C18H17F4N3O4S/c19-16-7-13(25-10-14(8-23)29-17(25)26)5-6-15(16)12-3-1-11(2-4-12)9-24-30(27,28)18(20,21)22/h1-7,14,24H,8-10,23H2/t14-/m0/s1. The second kappa shape index (κ2) is 8.20. The average molecular weight is 447 g/mol. The van der Waals surface area contributed by atoms with Gasteiger partial charge in [-0.2, -0.15) is 13.2 Å². The van der Waals surface area contributed by atoms with Gasteiger partial charge >= 0.3 is 21.6 Å². The summed E-state index contributed by atoms with van der Waals surface area (Å²) in [5, 5.41) is 0. The first kappa shape index (κ1) is 22.0. The average Bonchev–Trinajstić information content (AvgIpc) is 3.07. The van der Waals surface area contributed by atoms with Gasteiger partial charge in [0.25, 0.3) is 0 Å². The first-order valence-corrected chi connectivity index (χ1v) is 10.1. The molecule has 1 heterocycles. The maximum absolute atomic E-state index is 14.6. The molecular weight excluding hydrogens is 430 g/mol. The topological polar surface area (TPSA) is 102 Å². The third-order valence-electron chi connectivity index (χ3n) is 4.44. The van der Waals surface area contributed by atoms with Gasteiger partial charge in [-0.1, -0.05) is 24.3 Å². The monoisotopic (exact) mass is 447 g/mol. The van der Waals surface area contributed by atoms with Crippen LogP contribution in [0.25, 0.3) is 11.1 Å². The number of carbonyl (C=O) groups excluding carboxylic acids is 1. The van der Waals surface area contributed by atoms with E-state index in [9.17, 15) is 30.8 Å². The molecule has 0 aromatic heterocycles. The summed E-state index contributed by atoms with van der Waals surface area (Å²) >= 11 is 0. The Hall–Kier alpha value is -2.70. The van der Waals surface area contributed by atoms with Crippen molar-refractivity contribution in [2.24, 2.45) is 5.73 Å². The smallest absolute Gasteiger partial charge is 0.443 e. The zero-order chi connectivity index (χ0) is 22.1. The van der Waals surface area contributed by atoms with Gasteiger partial charge in [0.1, 0.15) is 11.9 Å². The molecule has 1 atom stereocenters. The molecule has 2 aromatic carbocycles. The zero-order valence-corrected chi connectivity index (χ0v) is 16.1. The van der Waals surface area contributed by atoms with Crippen LogP contribution in [0.1, 0.15) is 5.56 Å². The van der Waals surface area contributed by atoms with Crippen molar-refractivity contribution in [1.29, 1.82) is 0 Å². The van der Waals surface area contributed by atoms with Crippen LogP contribution in [0.4, 0.5) is 28.0 Å². The minimum atomic E-state index is -5.45. The summed E-state index contributed by atoms with van der Waals surface area (Å²) in [6, 6.07) is 9.81. The number of benzene rings is 2. The fourth-order valence-electron chi connectivity index (χ4n) is 2.82. The Bertz CT molecular complexity index is 1040. The van der Waals surface area contributed by atoms with Gasteiger partial charge in [0.05, 0.1) is 12.2 Å². The number of rotatable bonds is 6. The van der Waals surface area contributed by atoms with E-state index in [1.807, 2.05) is 0 Å². The van der Waals surface area contributed by atoms with Gasteiger partial charge in [0.2, 0.25) is 0 Å². The molecule has 7 nitrogen and oxygen atoms in total. The number of hydrogen-bond donors (Lipinski definition) is 2. The van der Waals surface area contributed by atoms with E-state index in [2.05, 4.69) is 0 Å². The lowest BCUT2D eigenvalue weighted by Gasteiger charge is -2.14. The maximum Gasteiger partial charge on any atom is 0.511 e. The second-order valence-electron chi connectivity index (χ2n) is 6.48. The highest BCUT2D eigenvalue weighted by Gasteiger charge is 2.45. The van der Waals surface area contributed by atoms with Gasteiger partial charge in [-0.3, -0.25) is 4.90 Å². The quantitative estimate of drug-likeness (QED) is 0.663. The molecule has 1 aliphatic heterocycles. The van der Waals surface area contributed by atoms with E-state index in [0.717, 1.165) is 0 Å². The van der Waals surface area contributed by atoms with Crippen LogP contribution in [0.2, 0.25) is 0 Å². The van der Waals surface area contributed by atoms with Crippen LogP contribution >= 0.6 is 0 Å². The third kappa shape index (κ3) is 4.55. The Labute approximate surface area is 169 Å². The van der Waals surface area contributed by atoms with Crippen molar-refractivity contribution in [1.82, 2.24) is 4.72 Å². The minimum absolute atomic E-state index is 0.147. The van der Waals surface area contributed by atoms with Gasteiger partial charge in [0.15, 0.2) is 0 Å². The van der Waals surface area contributed by atoms with Crippen LogP contribution in [0.5, 0.6) is 0 Å². The Morgan fingerprint density at radius 3 is 2.37 bits per heavy atom. The minimum Gasteiger partial charge on any atom is -0.443 e. The SMILES string of the molecule is NC[C@H]1CN(c2ccc(-c3ccc(CNS(=O)(=O)C(F)(F)F)cc3)c(F)c2)C(=O)O1. The molecule has 0 radical (unpaired) electrons. The van der Waals surface area contributed by atoms with Crippen molar-refractivity contribution in [3.63, 3.8) is 0 Å². The molecule has 1 amide bonds. The highest BCUT2D eigenvalue weighted by molar-refractivity contribution is 7.90. The summed E-state index contributed by atoms with van der Waals surface area (Å²) in [4.78, 5) is 13.1. The molecule has 1 fully saturated rings. The van der Waals surface area contributed by atoms with Crippen molar-refractivity contribution < 1.29 is 35.5 Å². The van der Waals surface area contributed by atoms with Crippen molar-refractivity contribution in [2.45, 2.75) is 18.2 Å². The molecular formula is C18H17F4N3O4S. The molecule has 3 N–H and O–H groups in total. The second-order valence-corrected chi connectivity index (χ2v) is 8.24. The zero-order valence-electron chi connectivity index (χ0n) is 15.3. The molecule has 1 saturated heterocycles. The lowest BCUT2D eigenvalue weighted by atomic mass is 10.0. The number of hydrogen-bond acceptors (Lipinski definition) is 5. The van der Waals surface area contributed by atoms with E-state index in [0.29, 0.717) is 11.3 Å². The van der Waals surface area contributed by atoms with Crippen molar-refractivity contribution in [3.05, 3.63) is 53.8 Å². The van der Waals surface area contributed by atoms with Crippen LogP contribution in [-0.4, -0.2) is 39.2 Å². The van der Waals surface area contributed by atoms with E-state index in [-0.39, 0.29) is 24.2 Å². The molecule has 2 aromatic rings. The summed E-state index contributed by atoms with van der Waals surface area (Å²) in [7, 11) is -5.45. The van der Waals surface area contributed by atoms with Crippen molar-refractivity contribution in [3.8, 4) is 11.1 Å². The number of carbonyl (C=O) groups is 1. The highest BCUT2D eigenvalue weighted by atomic mass is 32.2. The van der Waals surface area contributed by atoms with Crippen LogP contribution in [0, 0.1) is 5.82 Å². The largest absolute Gasteiger partial charge is 0.511 e. The number of amides is 1. The van der Waals surface area contributed by atoms with E-state index in [1.165, 1.54) is 52.1 Å². The van der Waals surface area contributed by atoms with E-state index in [1.54, 1.807) is 0 Å². The van der Waals surface area contributed by atoms with Gasteiger partial charge in [-0.15, -0.1) is 0 Å². The summed E-state index contributed by atoms with van der Waals surface area (Å²) in [6.45, 7) is -0.214. The van der Waals surface area contributed by atoms with Crippen LogP contribution in [0.3, 0.4) is 0 Å². The maximum atomic E-state index is 14.6. The van der Waals surface area contributed by atoms with Gasteiger partial charge in [0, 0.05) is 18.7 Å². The Kier molecular flexibility index (Phi) is 6.01. The molecule has 0 unspecified atom stereocenters. The van der Waals surface area contributed by atoms with E-state index < -0.39 is 40.1 Å². The molecule has 30 heavy (non-hydrogen) atoms. The Morgan fingerprint density at radius 2 is 1.83 bits per heavy atom. The van der Waals surface area contributed by atoms with E-state index >= 15 is 0 Å². The lowest BCUT2D eigenvalue weighted by molar-refractivity contribution is -0.0448. The first-order valence-electron chi connectivity index (χ1n) is 8.65. The highest BCUT2D eigenvalue weighted by Crippen LogP contribution is 2.29. The predicted molar refractivity (Wildman–Crippen MR) is 100 cm³/mol. The molecule has 162 valence electrons. The number of alkyl halides is 3. The molecule has 0 saturated carbocycles. The van der Waals surface area contributed by atoms with Crippen molar-refractivity contribution >= 4 is 21.8 Å². The fourth-order valence-corrected chi connectivity index (χ4v) is 3.34. The van der Waals surface area contributed by atoms with Crippen LogP contribution in [0.15, 0.2) is 42.5 Å². The van der Waals surface area contributed by atoms with Crippen molar-refractivity contribution in [2.75, 3.05) is 18.0 Å². The van der Waals surface area contributed by atoms with Gasteiger partial charge in [-0.25, -0.2) is 22.3 Å². The summed E-state index contributed by atoms with van der Waals surface area (Å²) in [6.07, 6.45) is -1.09. The summed E-state index contributed by atoms with van der Waals surface area (Å²) < 4.78 is 80.2. The van der Waals surface area contributed by atoms with Gasteiger partial charge < -0.3 is 10.5 Å². The van der Waals surface area contributed by atoms with Gasteiger partial charge in [-0.05, 0) is 29.3 Å². The Balaban J connectivity index is 1.73. The normalized spacial score (nSPS) is 17.3. The molecule has 0 bridgehead atoms. The number of ether oxygens (including phenoxy) is 1.